The van der Waals surface area contributed by atoms with Gasteiger partial charge >= 0.3 is 24.9 Å². The van der Waals surface area contributed by atoms with E-state index in [0.29, 0.717) is 65.3 Å². The molecule has 135 heavy (non-hydrogen) atoms. The van der Waals surface area contributed by atoms with Crippen molar-refractivity contribution in [2.24, 2.45) is 0 Å². The number of methoxy groups -OCH3 is 2. The van der Waals surface area contributed by atoms with Crippen LogP contribution >= 0.6 is 7.60 Å². The second-order valence-corrected chi connectivity index (χ2v) is 39.8. The highest BCUT2D eigenvalue weighted by molar-refractivity contribution is 7.55. The largest absolute Gasteiger partial charge is 0.497 e. The molecule has 1 amide bonds. The molecule has 2 fully saturated rings. The van der Waals surface area contributed by atoms with E-state index in [1.807, 2.05) is 36.4 Å². The van der Waals surface area contributed by atoms with Gasteiger partial charge in [0.05, 0.1) is 72.8 Å². The summed E-state index contributed by atoms with van der Waals surface area (Å²) in [7, 11) is -0.986. The minimum Gasteiger partial charge on any atom is -0.497 e. The molecule has 2 aromatic heterocycles. The van der Waals surface area contributed by atoms with Crippen molar-refractivity contribution >= 4 is 19.5 Å². The van der Waals surface area contributed by atoms with Crippen LogP contribution in [0, 0.1) is 25.2 Å². The highest BCUT2D eigenvalue weighted by Gasteiger charge is 2.64. The number of amides is 1. The van der Waals surface area contributed by atoms with Gasteiger partial charge in [-0.2, -0.15) is 5.26 Å². The van der Waals surface area contributed by atoms with Gasteiger partial charge in [0.1, 0.15) is 48.3 Å². The van der Waals surface area contributed by atoms with E-state index in [4.69, 9.17) is 51.7 Å². The third-order valence-corrected chi connectivity index (χ3v) is 28.9. The summed E-state index contributed by atoms with van der Waals surface area (Å²) in [6, 6.07) is 28.5. The number of nitrogens with zero attached hydrogens (tertiary/aromatic N) is 4. The number of aromatic amines is 2. The van der Waals surface area contributed by atoms with Crippen LogP contribution in [0.1, 0.15) is 399 Å². The van der Waals surface area contributed by atoms with E-state index in [-0.39, 0.29) is 16.7 Å². The summed E-state index contributed by atoms with van der Waals surface area (Å²) in [6.45, 7) is 7.55. The van der Waals surface area contributed by atoms with Crippen molar-refractivity contribution in [2.45, 2.75) is 403 Å². The summed E-state index contributed by atoms with van der Waals surface area (Å²) in [6.07, 6.45) is 52.4. The number of benzene rings is 4. The molecule has 0 aliphatic carbocycles. The smallest absolute Gasteiger partial charge is 0.365 e. The van der Waals surface area contributed by atoms with Gasteiger partial charge in [0.2, 0.25) is 11.5 Å². The number of nitriles is 1. The molecular formula is C108H165N6O20P. The van der Waals surface area contributed by atoms with Gasteiger partial charge in [-0.05, 0) is 86.2 Å². The standard InChI is InChI=1S/C108H165N6O20P/c1-9-12-15-18-21-24-27-30-33-36-39-42-45-48-51-57-72-126-93-76-87(77-94(127-73-58-52-49-46-43-40-37-34-31-28-25-22-19-16-13-10-2)100(93)128-74-59-53-50-47-44-41-38-35-32-29-26-23-20-17-14-11-3)103(118)112(6)82-99(115)134-106(121)78-97(113-80-85(4)101(116)110-104(113)119)132-95(106)84-131-135(123,130-75-60-71-109)107(122)79-98(114-81-86(5)102(117)111-105(114)120)133-96(107)83-129-108(88-61-55-54-56-62-88,89-63-67-91(124-7)68-64-89)90-65-69-92(125-8)70-66-90/h54-56,61-70,76-77,80-81,95-98,121-122H,9-53,57-60,72-75,78-79,82-84H2,1-8H3,(H,110,116,119)(H,111,117,120)/t95-,96-,97-,98-,106-,107-,135?/m1/s1. The van der Waals surface area contributed by atoms with Gasteiger partial charge in [0.25, 0.3) is 17.0 Å². The number of carbonyl (C=O) groups is 2. The number of nitrogens with one attached hydrogen (secondary N) is 2. The first-order chi connectivity index (χ1) is 65.6. The molecule has 2 aliphatic rings. The van der Waals surface area contributed by atoms with Crippen LogP contribution in [-0.2, 0) is 43.0 Å². The average molecular weight is 1900 g/mol. The lowest BCUT2D eigenvalue weighted by Crippen LogP contribution is -2.48. The van der Waals surface area contributed by atoms with Gasteiger partial charge in [-0.1, -0.05) is 364 Å². The summed E-state index contributed by atoms with van der Waals surface area (Å²) in [5, 5.41) is 34.0. The number of aryl methyl sites for hydroxylation is 2. The van der Waals surface area contributed by atoms with Gasteiger partial charge in [-0.25, -0.2) is 9.59 Å². The Morgan fingerprint density at radius 2 is 0.837 bits per heavy atom. The Hall–Kier alpha value is -8.38. The fraction of sp³-hybridized carbons (Fsp3) is 0.676. The Labute approximate surface area is 804 Å². The maximum absolute atomic E-state index is 16.6. The fourth-order valence-corrected chi connectivity index (χ4v) is 20.4. The van der Waals surface area contributed by atoms with Gasteiger partial charge in [0, 0.05) is 42.6 Å². The first kappa shape index (κ1) is 112. The molecule has 6 aromatic rings. The normalized spacial score (nSPS) is 17.6. The number of rotatable bonds is 75. The van der Waals surface area contributed by atoms with Crippen molar-refractivity contribution in [3.05, 3.63) is 178 Å². The minimum atomic E-state index is -5.44. The van der Waals surface area contributed by atoms with Gasteiger partial charge < -0.3 is 66.8 Å². The molecule has 7 atom stereocenters. The Kier molecular flexibility index (Phi) is 51.8. The van der Waals surface area contributed by atoms with E-state index in [2.05, 4.69) is 30.7 Å². The molecular weight excluding hydrogens is 1730 g/mol. The topological polar surface area (TPSA) is 330 Å². The van der Waals surface area contributed by atoms with Crippen LogP contribution in [0.3, 0.4) is 0 Å². The van der Waals surface area contributed by atoms with E-state index >= 15 is 9.36 Å². The van der Waals surface area contributed by atoms with Crippen LogP contribution in [0.2, 0.25) is 0 Å². The number of unbranched alkanes of at least 4 members (excludes halogenated alkanes) is 45. The molecule has 752 valence electrons. The lowest BCUT2D eigenvalue weighted by molar-refractivity contribution is -0.231. The molecule has 2 saturated heterocycles. The van der Waals surface area contributed by atoms with Crippen molar-refractivity contribution in [1.82, 2.24) is 24.0 Å². The summed E-state index contributed by atoms with van der Waals surface area (Å²) >= 11 is 0. The molecule has 27 heteroatoms. The van der Waals surface area contributed by atoms with Crippen LogP contribution in [0.25, 0.3) is 0 Å². The Morgan fingerprint density at radius 1 is 0.481 bits per heavy atom. The monoisotopic (exact) mass is 1900 g/mol. The number of H-pyrrole nitrogens is 2. The van der Waals surface area contributed by atoms with Crippen LogP contribution in [0.4, 0.5) is 0 Å². The van der Waals surface area contributed by atoms with E-state index < -0.39 is 129 Å². The number of carbonyl (C=O) groups excluding carboxylic acids is 2. The predicted molar refractivity (Wildman–Crippen MR) is 532 cm³/mol. The van der Waals surface area contributed by atoms with E-state index in [0.717, 1.165) is 91.1 Å². The van der Waals surface area contributed by atoms with Crippen molar-refractivity contribution in [3.63, 3.8) is 0 Å². The number of esters is 1. The molecule has 8 rings (SSSR count). The second kappa shape index (κ2) is 62.5. The molecule has 0 radical (unpaired) electrons. The van der Waals surface area contributed by atoms with E-state index in [9.17, 15) is 39.4 Å². The van der Waals surface area contributed by atoms with E-state index in [1.165, 1.54) is 279 Å². The predicted octanol–water partition coefficient (Wildman–Crippen LogP) is 24.1. The summed E-state index contributed by atoms with van der Waals surface area (Å²) in [5.74, 6) is -2.58. The van der Waals surface area contributed by atoms with Gasteiger partial charge in [-0.15, -0.1) is 0 Å². The maximum atomic E-state index is 16.6. The number of hydrogen-bond acceptors (Lipinski definition) is 21. The number of likely N-dealkylation sites (N-methyl/N-ethyl adjacent to an activating group) is 1. The van der Waals surface area contributed by atoms with Gasteiger partial charge in [-0.3, -0.25) is 42.8 Å². The van der Waals surface area contributed by atoms with Crippen molar-refractivity contribution in [1.29, 1.82) is 5.26 Å². The Balaban J connectivity index is 1.05. The third-order valence-electron chi connectivity index (χ3n) is 26.5. The molecule has 4 N–H and O–H groups in total. The van der Waals surface area contributed by atoms with Crippen LogP contribution < -0.4 is 46.2 Å². The Bertz CT molecular complexity index is 4580. The number of hydrogen-bond donors (Lipinski definition) is 4. The molecule has 1 unspecified atom stereocenters. The van der Waals surface area contributed by atoms with Crippen LogP contribution in [-0.4, -0.2) is 137 Å². The molecule has 0 spiro atoms. The van der Waals surface area contributed by atoms with Crippen molar-refractivity contribution < 1.29 is 76.0 Å². The zero-order chi connectivity index (χ0) is 96.8. The zero-order valence-electron chi connectivity index (χ0n) is 83.1. The first-order valence-electron chi connectivity index (χ1n) is 51.8. The number of aromatic nitrogens is 4. The summed E-state index contributed by atoms with van der Waals surface area (Å²) in [5.41, 5.74) is -3.06. The summed E-state index contributed by atoms with van der Waals surface area (Å²) in [4.78, 5) is 89.5. The molecule has 2 aliphatic heterocycles. The maximum Gasteiger partial charge on any atom is 0.365 e. The van der Waals surface area contributed by atoms with Crippen LogP contribution in [0.5, 0.6) is 28.7 Å². The highest BCUT2D eigenvalue weighted by Crippen LogP contribution is 2.67. The lowest BCUT2D eigenvalue weighted by atomic mass is 9.80. The highest BCUT2D eigenvalue weighted by atomic mass is 31.2. The Morgan fingerprint density at radius 3 is 1.21 bits per heavy atom. The quantitative estimate of drug-likeness (QED) is 0.00906. The van der Waals surface area contributed by atoms with Crippen molar-refractivity contribution in [2.75, 3.05) is 67.5 Å². The molecule has 4 aromatic carbocycles. The SMILES string of the molecule is CCCCCCCCCCCCCCCCCCOc1cc(C(=O)N(C)CC(=O)O[C@]2(O)C[C@H](n3cc(C)c(=O)[nH]c3=O)O[C@@H]2COP(=O)(OCCC#N)[C@]2(O)C[C@H](n3cc(C)c(=O)[nH]c3=O)O[C@@H]2COC(c2ccccc2)(c2ccc(OC)cc2)c2ccc(OC)cc2)cc(OCCCCCCCCCCCCCCCCCC)c1OCCCCCCCCCCCCCCCCCC. The molecule has 4 heterocycles. The lowest BCUT2D eigenvalue weighted by Gasteiger charge is -2.39. The number of aliphatic hydroxyl groups is 2. The number of ether oxygens (including phenoxy) is 9. The molecule has 0 saturated carbocycles. The fourth-order valence-electron chi connectivity index (χ4n) is 18.3. The minimum absolute atomic E-state index is 0.0600. The zero-order valence-corrected chi connectivity index (χ0v) is 84.0. The van der Waals surface area contributed by atoms with E-state index in [1.54, 1.807) is 60.7 Å². The summed E-state index contributed by atoms with van der Waals surface area (Å²) < 4.78 is 89.0. The molecule has 26 nitrogen and oxygen atoms in total. The average Bonchev–Trinajstić information content (AvgIpc) is 1.63. The van der Waals surface area contributed by atoms with Crippen molar-refractivity contribution in [3.8, 4) is 34.8 Å². The van der Waals surface area contributed by atoms with Crippen LogP contribution in [0.15, 0.2) is 123 Å². The second-order valence-electron chi connectivity index (χ2n) is 37.5. The third kappa shape index (κ3) is 36.7. The molecule has 0 bridgehead atoms. The van der Waals surface area contributed by atoms with Gasteiger partial charge in [0.15, 0.2) is 16.8 Å². The first-order valence-corrected chi connectivity index (χ1v) is 53.3.